The number of hydrogen-bond acceptors (Lipinski definition) is 2. The van der Waals surface area contributed by atoms with Gasteiger partial charge < -0.3 is 9.53 Å². The Kier molecular flexibility index (Phi) is 2.36. The van der Waals surface area contributed by atoms with Crippen LogP contribution in [-0.2, 0) is 11.2 Å². The summed E-state index contributed by atoms with van der Waals surface area (Å²) in [6.45, 7) is 0. The summed E-state index contributed by atoms with van der Waals surface area (Å²) in [5.74, 6) is 0.904. The molecule has 1 unspecified atom stereocenters. The lowest BCUT2D eigenvalue weighted by atomic mass is 10.1. The van der Waals surface area contributed by atoms with Gasteiger partial charge in [0.15, 0.2) is 0 Å². The fourth-order valence-corrected chi connectivity index (χ4v) is 2.04. The van der Waals surface area contributed by atoms with Crippen molar-refractivity contribution in [1.82, 2.24) is 0 Å². The van der Waals surface area contributed by atoms with E-state index in [1.807, 2.05) is 18.2 Å². The SMILES string of the molecule is O=CCC1Cc2c(Br)cccc2O1. The Bertz CT molecular complexity index is 336. The summed E-state index contributed by atoms with van der Waals surface area (Å²) in [5, 5.41) is 0. The third-order valence-corrected chi connectivity index (χ3v) is 2.90. The number of aldehydes is 1. The van der Waals surface area contributed by atoms with Crippen LogP contribution in [0.2, 0.25) is 0 Å². The molecule has 0 aromatic heterocycles. The first kappa shape index (κ1) is 8.75. The summed E-state index contributed by atoms with van der Waals surface area (Å²) < 4.78 is 6.63. The second-order valence-corrected chi connectivity index (χ2v) is 3.92. The summed E-state index contributed by atoms with van der Waals surface area (Å²) in [6, 6.07) is 5.86. The van der Waals surface area contributed by atoms with E-state index in [-0.39, 0.29) is 6.10 Å². The average molecular weight is 241 g/mol. The number of halogens is 1. The van der Waals surface area contributed by atoms with Gasteiger partial charge in [-0.15, -0.1) is 0 Å². The molecular weight excluding hydrogens is 232 g/mol. The molecule has 0 bridgehead atoms. The molecule has 0 amide bonds. The molecule has 0 saturated carbocycles. The maximum atomic E-state index is 10.3. The zero-order valence-electron chi connectivity index (χ0n) is 7.00. The highest BCUT2D eigenvalue weighted by Crippen LogP contribution is 2.34. The molecule has 68 valence electrons. The van der Waals surface area contributed by atoms with Gasteiger partial charge in [-0.2, -0.15) is 0 Å². The summed E-state index contributed by atoms with van der Waals surface area (Å²) in [5.41, 5.74) is 1.18. The van der Waals surface area contributed by atoms with Crippen molar-refractivity contribution in [3.8, 4) is 5.75 Å². The topological polar surface area (TPSA) is 26.3 Å². The number of carbonyl (C=O) groups excluding carboxylic acids is 1. The van der Waals surface area contributed by atoms with E-state index in [9.17, 15) is 4.79 Å². The second kappa shape index (κ2) is 3.50. The van der Waals surface area contributed by atoms with Crippen LogP contribution >= 0.6 is 15.9 Å². The van der Waals surface area contributed by atoms with Crippen molar-refractivity contribution in [1.29, 1.82) is 0 Å². The van der Waals surface area contributed by atoms with Crippen molar-refractivity contribution in [3.63, 3.8) is 0 Å². The van der Waals surface area contributed by atoms with Gasteiger partial charge in [0, 0.05) is 22.9 Å². The molecule has 0 saturated heterocycles. The molecule has 1 aliphatic heterocycles. The van der Waals surface area contributed by atoms with Gasteiger partial charge in [0.1, 0.15) is 18.1 Å². The molecule has 2 rings (SSSR count). The number of fused-ring (bicyclic) bond motifs is 1. The van der Waals surface area contributed by atoms with E-state index in [0.29, 0.717) is 6.42 Å². The lowest BCUT2D eigenvalue weighted by Gasteiger charge is -2.04. The van der Waals surface area contributed by atoms with Crippen molar-refractivity contribution < 1.29 is 9.53 Å². The first-order valence-electron chi connectivity index (χ1n) is 4.19. The van der Waals surface area contributed by atoms with Gasteiger partial charge in [0.25, 0.3) is 0 Å². The zero-order valence-corrected chi connectivity index (χ0v) is 8.58. The Hall–Kier alpha value is -0.830. The molecule has 0 radical (unpaired) electrons. The molecule has 1 aliphatic rings. The van der Waals surface area contributed by atoms with Gasteiger partial charge in [-0.3, -0.25) is 0 Å². The van der Waals surface area contributed by atoms with Crippen molar-refractivity contribution >= 4 is 22.2 Å². The lowest BCUT2D eigenvalue weighted by Crippen LogP contribution is -2.12. The average Bonchev–Trinajstić information content (AvgIpc) is 2.49. The number of carbonyl (C=O) groups is 1. The highest BCUT2D eigenvalue weighted by molar-refractivity contribution is 9.10. The Balaban J connectivity index is 2.24. The van der Waals surface area contributed by atoms with Gasteiger partial charge in [0.2, 0.25) is 0 Å². The Morgan fingerprint density at radius 1 is 1.62 bits per heavy atom. The highest BCUT2D eigenvalue weighted by atomic mass is 79.9. The van der Waals surface area contributed by atoms with Crippen molar-refractivity contribution in [3.05, 3.63) is 28.2 Å². The van der Waals surface area contributed by atoms with Crippen LogP contribution in [-0.4, -0.2) is 12.4 Å². The monoisotopic (exact) mass is 240 g/mol. The molecular formula is C10H9BrO2. The first-order valence-corrected chi connectivity index (χ1v) is 4.98. The van der Waals surface area contributed by atoms with Gasteiger partial charge in [-0.1, -0.05) is 22.0 Å². The number of rotatable bonds is 2. The van der Waals surface area contributed by atoms with E-state index < -0.39 is 0 Å². The molecule has 3 heteroatoms. The lowest BCUT2D eigenvalue weighted by molar-refractivity contribution is -0.109. The summed E-state index contributed by atoms with van der Waals surface area (Å²) in [7, 11) is 0. The van der Waals surface area contributed by atoms with Gasteiger partial charge in [-0.25, -0.2) is 0 Å². The second-order valence-electron chi connectivity index (χ2n) is 3.06. The number of ether oxygens (including phenoxy) is 1. The summed E-state index contributed by atoms with van der Waals surface area (Å²) in [6.07, 6.45) is 2.24. The predicted molar refractivity (Wildman–Crippen MR) is 52.9 cm³/mol. The van der Waals surface area contributed by atoms with E-state index in [2.05, 4.69) is 15.9 Å². The van der Waals surface area contributed by atoms with Crippen LogP contribution in [0.15, 0.2) is 22.7 Å². The van der Waals surface area contributed by atoms with Crippen molar-refractivity contribution in [2.24, 2.45) is 0 Å². The maximum absolute atomic E-state index is 10.3. The third-order valence-electron chi connectivity index (χ3n) is 2.16. The van der Waals surface area contributed by atoms with Crippen LogP contribution in [0.4, 0.5) is 0 Å². The Morgan fingerprint density at radius 3 is 3.15 bits per heavy atom. The minimum atomic E-state index is 0.0335. The molecule has 0 fully saturated rings. The molecule has 1 aromatic carbocycles. The van der Waals surface area contributed by atoms with E-state index in [1.54, 1.807) is 0 Å². The first-order chi connectivity index (χ1) is 6.31. The predicted octanol–water partition coefficient (Wildman–Crippen LogP) is 2.34. The molecule has 0 aliphatic carbocycles. The van der Waals surface area contributed by atoms with E-state index in [4.69, 9.17) is 4.74 Å². The minimum Gasteiger partial charge on any atom is -0.489 e. The van der Waals surface area contributed by atoms with E-state index in [1.165, 1.54) is 5.56 Å². The zero-order chi connectivity index (χ0) is 9.26. The molecule has 13 heavy (non-hydrogen) atoms. The molecule has 2 nitrogen and oxygen atoms in total. The highest BCUT2D eigenvalue weighted by Gasteiger charge is 2.23. The van der Waals surface area contributed by atoms with Crippen LogP contribution in [0.25, 0.3) is 0 Å². The quantitative estimate of drug-likeness (QED) is 0.743. The third kappa shape index (κ3) is 1.61. The molecule has 1 aromatic rings. The normalized spacial score (nSPS) is 19.3. The van der Waals surface area contributed by atoms with E-state index >= 15 is 0 Å². The summed E-state index contributed by atoms with van der Waals surface area (Å²) >= 11 is 3.46. The minimum absolute atomic E-state index is 0.0335. The number of benzene rings is 1. The van der Waals surface area contributed by atoms with Crippen LogP contribution in [0.5, 0.6) is 5.75 Å². The molecule has 0 spiro atoms. The van der Waals surface area contributed by atoms with Crippen molar-refractivity contribution in [2.75, 3.05) is 0 Å². The molecule has 0 N–H and O–H groups in total. The largest absolute Gasteiger partial charge is 0.489 e. The number of hydrogen-bond donors (Lipinski definition) is 0. The van der Waals surface area contributed by atoms with Gasteiger partial charge in [0.05, 0.1) is 0 Å². The smallest absolute Gasteiger partial charge is 0.124 e. The van der Waals surface area contributed by atoms with Gasteiger partial charge in [-0.05, 0) is 12.1 Å². The van der Waals surface area contributed by atoms with Crippen LogP contribution < -0.4 is 4.74 Å². The van der Waals surface area contributed by atoms with Crippen LogP contribution in [0, 0.1) is 0 Å². The Labute approximate surface area is 85.0 Å². The van der Waals surface area contributed by atoms with E-state index in [0.717, 1.165) is 22.9 Å². The fraction of sp³-hybridized carbons (Fsp3) is 0.300. The fourth-order valence-electron chi connectivity index (χ4n) is 1.54. The van der Waals surface area contributed by atoms with Crippen molar-refractivity contribution in [2.45, 2.75) is 18.9 Å². The maximum Gasteiger partial charge on any atom is 0.124 e. The van der Waals surface area contributed by atoms with Crippen LogP contribution in [0.1, 0.15) is 12.0 Å². The Morgan fingerprint density at radius 2 is 2.46 bits per heavy atom. The van der Waals surface area contributed by atoms with Gasteiger partial charge >= 0.3 is 0 Å². The van der Waals surface area contributed by atoms with Crippen LogP contribution in [0.3, 0.4) is 0 Å². The standard InChI is InChI=1S/C10H9BrO2/c11-9-2-1-3-10-8(9)6-7(13-10)4-5-12/h1-3,5,7H,4,6H2. The molecule has 1 heterocycles. The molecule has 1 atom stereocenters. The summed E-state index contributed by atoms with van der Waals surface area (Å²) in [4.78, 5) is 10.3.